The van der Waals surface area contributed by atoms with Gasteiger partial charge in [-0.15, -0.1) is 0 Å². The number of rotatable bonds is 8. The van der Waals surface area contributed by atoms with Crippen molar-refractivity contribution >= 4 is 22.1 Å². The molecule has 0 aliphatic heterocycles. The van der Waals surface area contributed by atoms with Gasteiger partial charge in [-0.1, -0.05) is 157 Å². The molecule has 6 aromatic carbocycles. The second-order valence-corrected chi connectivity index (χ2v) is 27.1. The molecule has 3 heterocycles. The van der Waals surface area contributed by atoms with Crippen molar-refractivity contribution in [2.24, 2.45) is 0 Å². The molecule has 0 saturated heterocycles. The highest BCUT2D eigenvalue weighted by molar-refractivity contribution is 5.97. The molecule has 0 bridgehead atoms. The zero-order chi connectivity index (χ0) is 55.4. The Balaban J connectivity index is 1.01. The van der Waals surface area contributed by atoms with E-state index in [1.807, 2.05) is 0 Å². The van der Waals surface area contributed by atoms with E-state index in [0.29, 0.717) is 11.5 Å². The molecule has 3 aromatic heterocycles. The van der Waals surface area contributed by atoms with Crippen molar-refractivity contribution in [1.82, 2.24) is 29.1 Å². The molecule has 0 amide bonds. The van der Waals surface area contributed by atoms with Crippen molar-refractivity contribution in [3.8, 4) is 79.0 Å². The van der Waals surface area contributed by atoms with E-state index in [4.69, 9.17) is 19.9 Å². The number of para-hydroxylation sites is 2. The van der Waals surface area contributed by atoms with Crippen molar-refractivity contribution in [1.29, 1.82) is 0 Å². The highest BCUT2D eigenvalue weighted by Gasteiger charge is 2.33. The fraction of sp³-hybridized carbons (Fsp3) is 0.400. The maximum Gasteiger partial charge on any atom is 0.145 e. The molecule has 2 aliphatic rings. The Morgan fingerprint density at radius 1 is 0.423 bits per heavy atom. The summed E-state index contributed by atoms with van der Waals surface area (Å²) in [5.41, 5.74) is 19.3. The molecule has 2 N–H and O–H groups in total. The number of phenols is 2. The van der Waals surface area contributed by atoms with Gasteiger partial charge < -0.3 is 19.3 Å². The van der Waals surface area contributed by atoms with Crippen LogP contribution in [0.3, 0.4) is 0 Å². The summed E-state index contributed by atoms with van der Waals surface area (Å²) in [6.45, 7) is 30.8. The molecule has 0 atom stereocenters. The van der Waals surface area contributed by atoms with E-state index in [2.05, 4.69) is 209 Å². The second kappa shape index (κ2) is 19.4. The van der Waals surface area contributed by atoms with Gasteiger partial charge in [-0.3, -0.25) is 0 Å². The summed E-state index contributed by atoms with van der Waals surface area (Å²) in [4.78, 5) is 21.0. The van der Waals surface area contributed by atoms with Gasteiger partial charge in [0.25, 0.3) is 0 Å². The first-order valence-electron chi connectivity index (χ1n) is 28.7. The molecule has 0 spiro atoms. The molecule has 0 unspecified atom stereocenters. The Labute approximate surface area is 463 Å². The van der Waals surface area contributed by atoms with Crippen molar-refractivity contribution in [2.45, 2.75) is 182 Å². The minimum absolute atomic E-state index is 0.125. The minimum Gasteiger partial charge on any atom is -0.507 e. The normalized spacial score (nSPS) is 15.2. The second-order valence-electron chi connectivity index (χ2n) is 27.1. The number of aryl methyl sites for hydroxylation is 2. The minimum atomic E-state index is -0.266. The lowest BCUT2D eigenvalue weighted by atomic mass is 9.78. The lowest BCUT2D eigenvalue weighted by Gasteiger charge is -2.28. The Morgan fingerprint density at radius 2 is 0.795 bits per heavy atom. The van der Waals surface area contributed by atoms with E-state index in [1.54, 1.807) is 6.33 Å². The largest absolute Gasteiger partial charge is 0.507 e. The number of benzene rings is 6. The van der Waals surface area contributed by atoms with Gasteiger partial charge in [-0.2, -0.15) is 0 Å². The van der Waals surface area contributed by atoms with Crippen LogP contribution in [0, 0.1) is 13.8 Å². The van der Waals surface area contributed by atoms with E-state index in [0.717, 1.165) is 138 Å². The van der Waals surface area contributed by atoms with Crippen LogP contribution in [-0.4, -0.2) is 39.3 Å². The molecule has 0 radical (unpaired) electrons. The molecule has 2 saturated carbocycles. The van der Waals surface area contributed by atoms with Gasteiger partial charge in [0, 0.05) is 45.5 Å². The van der Waals surface area contributed by atoms with Crippen LogP contribution >= 0.6 is 0 Å². The maximum atomic E-state index is 12.3. The molecular weight excluding hydrogens is 957 g/mol. The number of hydrogen-bond donors (Lipinski definition) is 2. The summed E-state index contributed by atoms with van der Waals surface area (Å²) in [5.74, 6) is 2.31. The lowest BCUT2D eigenvalue weighted by molar-refractivity contribution is 0.444. The third-order valence-electron chi connectivity index (χ3n) is 16.9. The van der Waals surface area contributed by atoms with Crippen LogP contribution in [0.15, 0.2) is 109 Å². The van der Waals surface area contributed by atoms with Crippen molar-refractivity contribution < 1.29 is 10.2 Å². The zero-order valence-electron chi connectivity index (χ0n) is 48.8. The van der Waals surface area contributed by atoms with Crippen LogP contribution < -0.4 is 0 Å². The number of imidazole rings is 2. The summed E-state index contributed by atoms with van der Waals surface area (Å²) < 4.78 is 4.90. The standard InChI is InChI=1S/C70H80N6O2/c1-41-29-43(51-25-19-27-59-61(51)73-65(75(59)49-21-15-16-22-49)53-35-47(67(3,4)5)37-55(63(53)77)69(9,10)11)33-45(31-41)57-39-58(72-40-71-57)46-32-42(2)30-44(34-46)52-26-20-28-60-62(52)74-66(76(60)50-23-17-18-24-50)54-36-48(68(6,7)8)38-56(64(54)78)70(12,13)14/h19-20,25-40,49-50,77-78H,15-18,21-24H2,1-14H3. The monoisotopic (exact) mass is 1040 g/mol. The Morgan fingerprint density at radius 3 is 1.15 bits per heavy atom. The predicted molar refractivity (Wildman–Crippen MR) is 324 cm³/mol. The molecule has 11 rings (SSSR count). The molecule has 9 aromatic rings. The first kappa shape index (κ1) is 53.0. The van der Waals surface area contributed by atoms with Gasteiger partial charge in [-0.25, -0.2) is 19.9 Å². The van der Waals surface area contributed by atoms with E-state index in [9.17, 15) is 10.2 Å². The van der Waals surface area contributed by atoms with E-state index >= 15 is 0 Å². The van der Waals surface area contributed by atoms with Crippen LogP contribution in [-0.2, 0) is 21.7 Å². The molecule has 402 valence electrons. The van der Waals surface area contributed by atoms with Crippen LogP contribution in [0.25, 0.3) is 89.6 Å². The van der Waals surface area contributed by atoms with Gasteiger partial charge in [0.2, 0.25) is 0 Å². The zero-order valence-corrected chi connectivity index (χ0v) is 48.8. The van der Waals surface area contributed by atoms with Crippen molar-refractivity contribution in [3.63, 3.8) is 0 Å². The average Bonchev–Trinajstić information content (AvgIpc) is 4.40. The number of phenolic OH excluding ortho intramolecular Hbond substituents is 2. The summed E-state index contributed by atoms with van der Waals surface area (Å²) in [5, 5.41) is 24.5. The number of fused-ring (bicyclic) bond motifs is 2. The van der Waals surface area contributed by atoms with Gasteiger partial charge in [0.1, 0.15) is 29.5 Å². The number of aromatic nitrogens is 6. The van der Waals surface area contributed by atoms with Gasteiger partial charge in [-0.05, 0) is 149 Å². The van der Waals surface area contributed by atoms with Gasteiger partial charge in [0.05, 0.1) is 44.6 Å². The molecule has 78 heavy (non-hydrogen) atoms. The molecule has 8 nitrogen and oxygen atoms in total. The molecule has 2 aliphatic carbocycles. The smallest absolute Gasteiger partial charge is 0.145 e. The number of aromatic hydroxyl groups is 2. The third-order valence-corrected chi connectivity index (χ3v) is 16.9. The van der Waals surface area contributed by atoms with Crippen LogP contribution in [0.1, 0.15) is 180 Å². The fourth-order valence-electron chi connectivity index (χ4n) is 12.6. The number of nitrogens with zero attached hydrogens (tertiary/aromatic N) is 6. The van der Waals surface area contributed by atoms with Crippen LogP contribution in [0.2, 0.25) is 0 Å². The Bertz CT molecular complexity index is 3550. The summed E-state index contributed by atoms with van der Waals surface area (Å²) in [6, 6.07) is 38.0. The topological polar surface area (TPSA) is 102 Å². The average molecular weight is 1040 g/mol. The third kappa shape index (κ3) is 9.72. The van der Waals surface area contributed by atoms with E-state index in [-0.39, 0.29) is 33.7 Å². The quantitative estimate of drug-likeness (QED) is 0.157. The predicted octanol–water partition coefficient (Wildman–Crippen LogP) is 18.6. The summed E-state index contributed by atoms with van der Waals surface area (Å²) in [7, 11) is 0. The maximum absolute atomic E-state index is 12.3. The summed E-state index contributed by atoms with van der Waals surface area (Å²) in [6.07, 6.45) is 10.7. The van der Waals surface area contributed by atoms with E-state index < -0.39 is 0 Å². The molecule has 8 heteroatoms. The van der Waals surface area contributed by atoms with Crippen LogP contribution in [0.5, 0.6) is 11.5 Å². The van der Waals surface area contributed by atoms with Crippen LogP contribution in [0.4, 0.5) is 0 Å². The van der Waals surface area contributed by atoms with Crippen molar-refractivity contribution in [2.75, 3.05) is 0 Å². The SMILES string of the molecule is Cc1cc(-c2cc(-c3cc(C)cc(-c4cccc5c4nc(-c4cc(C(C)(C)C)cc(C(C)(C)C)c4O)n5C4CCCC4)c3)ncn2)cc(-c2cccc3c2nc(-c2cc(C(C)(C)C)cc(C(C)(C)C)c2O)n3C2CCCC2)c1. The van der Waals surface area contributed by atoms with E-state index in [1.165, 1.54) is 36.8 Å². The Hall–Kier alpha value is -7.06. The van der Waals surface area contributed by atoms with Crippen molar-refractivity contribution in [3.05, 3.63) is 143 Å². The first-order valence-corrected chi connectivity index (χ1v) is 28.7. The summed E-state index contributed by atoms with van der Waals surface area (Å²) >= 11 is 0. The first-order chi connectivity index (χ1) is 36.8. The fourth-order valence-corrected chi connectivity index (χ4v) is 12.6. The Kier molecular flexibility index (Phi) is 13.2. The lowest BCUT2D eigenvalue weighted by Crippen LogP contribution is -2.17. The highest BCUT2D eigenvalue weighted by Crippen LogP contribution is 2.49. The number of hydrogen-bond acceptors (Lipinski definition) is 6. The molecule has 2 fully saturated rings. The van der Waals surface area contributed by atoms with Gasteiger partial charge >= 0.3 is 0 Å². The highest BCUT2D eigenvalue weighted by atomic mass is 16.3. The van der Waals surface area contributed by atoms with Gasteiger partial charge in [0.15, 0.2) is 0 Å². The molecular formula is C70H80N6O2.